The minimum atomic E-state index is -0.500. The molecular formula is C27H30ClFN6O. The van der Waals surface area contributed by atoms with Crippen LogP contribution in [-0.4, -0.2) is 64.4 Å². The number of benzene rings is 2. The smallest absolute Gasteiger partial charge is 0.247 e. The summed E-state index contributed by atoms with van der Waals surface area (Å²) in [7, 11) is 2.14. The van der Waals surface area contributed by atoms with Crippen LogP contribution >= 0.6 is 11.6 Å². The standard InChI is InChI=1S/C27H30ClFN6O/c1-5-25(36)33-23-16-20-24(30-17-31-26(20)32-19-6-7-22(29)21(28)15-19)14-18(23)8-9-27(2,3)35-12-10-34(4)11-13-35/h5-9,14-17H,1,10-13H2,2-4H3,(H,33,36)(H,30,31,32)/b9-8-. The van der Waals surface area contributed by atoms with Crippen molar-refractivity contribution < 1.29 is 9.18 Å². The van der Waals surface area contributed by atoms with E-state index in [-0.39, 0.29) is 16.5 Å². The van der Waals surface area contributed by atoms with Crippen molar-refractivity contribution in [3.63, 3.8) is 0 Å². The number of fused-ring (bicyclic) bond motifs is 1. The van der Waals surface area contributed by atoms with Crippen LogP contribution in [0.4, 0.5) is 21.6 Å². The first-order valence-corrected chi connectivity index (χ1v) is 12.1. The first-order valence-electron chi connectivity index (χ1n) is 11.7. The lowest BCUT2D eigenvalue weighted by molar-refractivity contribution is -0.111. The summed E-state index contributed by atoms with van der Waals surface area (Å²) in [5, 5.41) is 6.76. The Morgan fingerprint density at radius 1 is 1.17 bits per heavy atom. The molecular weight excluding hydrogens is 479 g/mol. The highest BCUT2D eigenvalue weighted by Crippen LogP contribution is 2.31. The van der Waals surface area contributed by atoms with E-state index in [9.17, 15) is 9.18 Å². The van der Waals surface area contributed by atoms with Crippen LogP contribution in [0.3, 0.4) is 0 Å². The number of anilines is 3. The van der Waals surface area contributed by atoms with E-state index in [2.05, 4.69) is 64.0 Å². The second kappa shape index (κ2) is 10.7. The Morgan fingerprint density at radius 2 is 1.92 bits per heavy atom. The number of hydrogen-bond acceptors (Lipinski definition) is 6. The van der Waals surface area contributed by atoms with Gasteiger partial charge in [-0.2, -0.15) is 0 Å². The number of amides is 1. The normalized spacial score (nSPS) is 15.4. The van der Waals surface area contributed by atoms with Crippen molar-refractivity contribution in [3.05, 3.63) is 71.8 Å². The second-order valence-electron chi connectivity index (χ2n) is 9.40. The molecule has 9 heteroatoms. The molecule has 1 saturated heterocycles. The Balaban J connectivity index is 1.71. The average Bonchev–Trinajstić information content (AvgIpc) is 2.85. The number of carbonyl (C=O) groups excluding carboxylic acids is 1. The lowest BCUT2D eigenvalue weighted by Crippen LogP contribution is -2.52. The van der Waals surface area contributed by atoms with Crippen LogP contribution in [0.25, 0.3) is 17.0 Å². The van der Waals surface area contributed by atoms with Gasteiger partial charge in [-0.3, -0.25) is 9.69 Å². The summed E-state index contributed by atoms with van der Waals surface area (Å²) in [4.78, 5) is 25.8. The number of nitrogens with one attached hydrogen (secondary N) is 2. The van der Waals surface area contributed by atoms with Crippen molar-refractivity contribution in [1.82, 2.24) is 19.8 Å². The fraction of sp³-hybridized carbons (Fsp3) is 0.296. The Kier molecular flexibility index (Phi) is 7.68. The summed E-state index contributed by atoms with van der Waals surface area (Å²) in [5.74, 6) is -0.316. The summed E-state index contributed by atoms with van der Waals surface area (Å²) >= 11 is 5.93. The molecule has 0 aliphatic carbocycles. The molecule has 0 saturated carbocycles. The monoisotopic (exact) mass is 508 g/mol. The fourth-order valence-electron chi connectivity index (χ4n) is 4.14. The van der Waals surface area contributed by atoms with Gasteiger partial charge >= 0.3 is 0 Å². The second-order valence-corrected chi connectivity index (χ2v) is 9.81. The van der Waals surface area contributed by atoms with Gasteiger partial charge in [-0.1, -0.05) is 30.3 Å². The maximum absolute atomic E-state index is 13.6. The van der Waals surface area contributed by atoms with Crippen molar-refractivity contribution in [3.8, 4) is 0 Å². The first kappa shape index (κ1) is 25.8. The van der Waals surface area contributed by atoms with Crippen LogP contribution in [0.5, 0.6) is 0 Å². The molecule has 2 heterocycles. The molecule has 0 bridgehead atoms. The molecule has 0 spiro atoms. The number of likely N-dealkylation sites (N-methyl/N-ethyl adjacent to an activating group) is 1. The molecule has 1 amide bonds. The predicted octanol–water partition coefficient (Wildman–Crippen LogP) is 5.33. The molecule has 36 heavy (non-hydrogen) atoms. The SMILES string of the molecule is C=CC(=O)Nc1cc2c(Nc3ccc(F)c(Cl)c3)ncnc2cc1/C=C\C(C)(C)N1CCN(C)CC1. The fourth-order valence-corrected chi connectivity index (χ4v) is 4.32. The molecule has 188 valence electrons. The Bertz CT molecular complexity index is 1320. The highest BCUT2D eigenvalue weighted by Gasteiger charge is 2.26. The molecule has 3 aromatic rings. The van der Waals surface area contributed by atoms with Crippen molar-refractivity contribution in [2.45, 2.75) is 19.4 Å². The zero-order chi connectivity index (χ0) is 25.9. The van der Waals surface area contributed by atoms with E-state index < -0.39 is 5.82 Å². The Morgan fingerprint density at radius 3 is 2.61 bits per heavy atom. The third-order valence-corrected chi connectivity index (χ3v) is 6.71. The van der Waals surface area contributed by atoms with E-state index in [4.69, 9.17) is 11.6 Å². The Labute approximate surface area is 215 Å². The number of nitrogens with zero attached hydrogens (tertiary/aromatic N) is 4. The van der Waals surface area contributed by atoms with Crippen molar-refractivity contribution in [2.24, 2.45) is 0 Å². The van der Waals surface area contributed by atoms with Gasteiger partial charge in [0.2, 0.25) is 5.91 Å². The number of carbonyl (C=O) groups is 1. The topological polar surface area (TPSA) is 73.4 Å². The summed E-state index contributed by atoms with van der Waals surface area (Å²) in [6, 6.07) is 8.09. The predicted molar refractivity (Wildman–Crippen MR) is 145 cm³/mol. The molecule has 0 radical (unpaired) electrons. The third-order valence-electron chi connectivity index (χ3n) is 6.42. The van der Waals surface area contributed by atoms with Gasteiger partial charge in [-0.25, -0.2) is 14.4 Å². The lowest BCUT2D eigenvalue weighted by Gasteiger charge is -2.41. The molecule has 0 unspecified atom stereocenters. The van der Waals surface area contributed by atoms with Gasteiger partial charge in [0.15, 0.2) is 0 Å². The Hall–Kier alpha value is -3.33. The highest BCUT2D eigenvalue weighted by atomic mass is 35.5. The van der Waals surface area contributed by atoms with E-state index in [0.717, 1.165) is 31.7 Å². The molecule has 4 rings (SSSR count). The van der Waals surface area contributed by atoms with Gasteiger partial charge in [0.05, 0.1) is 10.5 Å². The summed E-state index contributed by atoms with van der Waals surface area (Å²) in [6.45, 7) is 12.0. The van der Waals surface area contributed by atoms with Crippen molar-refractivity contribution in [2.75, 3.05) is 43.9 Å². The zero-order valence-electron chi connectivity index (χ0n) is 20.7. The number of rotatable bonds is 7. The molecule has 1 aromatic heterocycles. The highest BCUT2D eigenvalue weighted by molar-refractivity contribution is 6.31. The quantitative estimate of drug-likeness (QED) is 0.420. The van der Waals surface area contributed by atoms with E-state index in [1.807, 2.05) is 18.2 Å². The lowest BCUT2D eigenvalue weighted by atomic mass is 9.98. The maximum Gasteiger partial charge on any atom is 0.247 e. The maximum atomic E-state index is 13.6. The van der Waals surface area contributed by atoms with Gasteiger partial charge in [-0.15, -0.1) is 0 Å². The molecule has 1 aliphatic heterocycles. The van der Waals surface area contributed by atoms with Crippen LogP contribution in [0.2, 0.25) is 5.02 Å². The van der Waals surface area contributed by atoms with E-state index in [1.165, 1.54) is 24.5 Å². The number of hydrogen-bond donors (Lipinski definition) is 2. The van der Waals surface area contributed by atoms with Crippen molar-refractivity contribution in [1.29, 1.82) is 0 Å². The minimum absolute atomic E-state index is 0.00712. The van der Waals surface area contributed by atoms with Gasteiger partial charge in [0.1, 0.15) is 18.0 Å². The van der Waals surface area contributed by atoms with Crippen LogP contribution in [0, 0.1) is 5.82 Å². The van der Waals surface area contributed by atoms with Gasteiger partial charge in [-0.05, 0) is 62.9 Å². The minimum Gasteiger partial charge on any atom is -0.340 e. The van der Waals surface area contributed by atoms with Crippen LogP contribution < -0.4 is 10.6 Å². The number of aromatic nitrogens is 2. The van der Waals surface area contributed by atoms with Gasteiger partial charge in [0.25, 0.3) is 0 Å². The average molecular weight is 509 g/mol. The van der Waals surface area contributed by atoms with Crippen LogP contribution in [0.1, 0.15) is 19.4 Å². The largest absolute Gasteiger partial charge is 0.340 e. The van der Waals surface area contributed by atoms with Crippen LogP contribution in [-0.2, 0) is 4.79 Å². The van der Waals surface area contributed by atoms with Crippen molar-refractivity contribution >= 4 is 51.7 Å². The van der Waals surface area contributed by atoms with E-state index >= 15 is 0 Å². The van der Waals surface area contributed by atoms with E-state index in [0.29, 0.717) is 28.1 Å². The molecule has 2 N–H and O–H groups in total. The first-order chi connectivity index (χ1) is 17.2. The summed E-state index contributed by atoms with van der Waals surface area (Å²) in [6.07, 6.45) is 6.86. The van der Waals surface area contributed by atoms with Gasteiger partial charge < -0.3 is 15.5 Å². The zero-order valence-corrected chi connectivity index (χ0v) is 21.4. The molecule has 7 nitrogen and oxygen atoms in total. The summed E-state index contributed by atoms with van der Waals surface area (Å²) < 4.78 is 13.6. The third kappa shape index (κ3) is 5.90. The van der Waals surface area contributed by atoms with Crippen LogP contribution in [0.15, 0.2) is 55.4 Å². The number of piperazine rings is 1. The molecule has 0 atom stereocenters. The summed E-state index contributed by atoms with van der Waals surface area (Å²) in [5.41, 5.74) is 2.52. The molecule has 1 fully saturated rings. The van der Waals surface area contributed by atoms with Gasteiger partial charge in [0, 0.05) is 48.5 Å². The van der Waals surface area contributed by atoms with E-state index in [1.54, 1.807) is 6.07 Å². The number of halogens is 2. The molecule has 1 aliphatic rings. The molecule has 2 aromatic carbocycles.